The van der Waals surface area contributed by atoms with Gasteiger partial charge in [-0.05, 0) is 270 Å². The fourth-order valence-electron chi connectivity index (χ4n) is 19.3. The van der Waals surface area contributed by atoms with Crippen LogP contribution in [-0.4, -0.2) is 128 Å². The molecule has 4 amide bonds. The molecule has 8 aromatic heterocycles. The minimum Gasteiger partial charge on any atom is -0.481 e. The number of carbonyl (C=O) groups excluding carboxylic acids is 5. The molecule has 3 fully saturated rings. The zero-order valence-corrected chi connectivity index (χ0v) is 82.3. The number of carboxylic acid groups (broad SMARTS) is 3. The van der Waals surface area contributed by atoms with Crippen LogP contribution >= 0.6 is 0 Å². The smallest absolute Gasteiger partial charge is 0.315 e. The van der Waals surface area contributed by atoms with Crippen LogP contribution in [-0.2, 0) is 71.8 Å². The Bertz CT molecular complexity index is 7370. The van der Waals surface area contributed by atoms with Crippen LogP contribution in [0.1, 0.15) is 218 Å². The standard InChI is InChI=1S/C30H28N4O3.2C29H26N4O3.C29H28N4O3/c1-30(2,29(36)37-3)22-7-4-6-19(16-22)20-10-11-21-18-34(28(35)24(21)17-20)26-9-5-8-25(32-26)27-31-14-15-33(27)23-12-13-23;1-29(2,28(35)36)21-6-3-5-18(15-21)19-9-10-20-17-33(27(34)23(20)16-19)25-8-4-7-24(31-25)26-30-13-14-32(26)22-11-12-22;1-18(2)32-14-13-30-26(32)24-7-4-8-25(31-24)33-17-21-10-9-20(16-23(21)27(33)34)19-5-3-6-22(15-19)29(11-12-29)28(35)36;1-18(2)32-14-13-30-26(32)24-9-6-10-25(31-24)33-17-21-12-11-20(16-23(21)27(33)34)19-7-5-8-22(15-19)29(3,4)28(35)36/h4-11,14-17,23H,12-13,18H2,1-3H3;3-10,13-16,22H,11-12,17H2,1-2H3,(H,35,36);3-10,13-16,18H,11-12,17H2,1-2H3,(H,35,36);5-16,18H,17H2,1-4H3,(H,35,36). The van der Waals surface area contributed by atoms with E-state index >= 15 is 0 Å². The minimum atomic E-state index is -1.01. The lowest BCUT2D eigenvalue weighted by atomic mass is 9.83. The van der Waals surface area contributed by atoms with E-state index in [1.54, 1.807) is 65.9 Å². The number of nitrogens with zero attached hydrogens (tertiary/aromatic N) is 16. The molecule has 7 aliphatic rings. The molecule has 12 heterocycles. The number of hydrogen-bond acceptors (Lipinski definition) is 17. The van der Waals surface area contributed by atoms with Gasteiger partial charge in [-0.1, -0.05) is 170 Å². The number of rotatable bonds is 24. The lowest BCUT2D eigenvalue weighted by Crippen LogP contribution is -2.30. The normalized spacial score (nSPS) is 14.9. The van der Waals surface area contributed by atoms with Crippen LogP contribution in [0.3, 0.4) is 0 Å². The summed E-state index contributed by atoms with van der Waals surface area (Å²) < 4.78 is 13.4. The van der Waals surface area contributed by atoms with Crippen molar-refractivity contribution in [2.24, 2.45) is 0 Å². The van der Waals surface area contributed by atoms with Gasteiger partial charge in [0.1, 0.15) is 46.0 Å². The molecule has 0 unspecified atom stereocenters. The van der Waals surface area contributed by atoms with Gasteiger partial charge in [0.05, 0.1) is 54.9 Å². The first-order valence-electron chi connectivity index (χ1n) is 48.8. The molecule has 28 heteroatoms. The van der Waals surface area contributed by atoms with Gasteiger partial charge >= 0.3 is 23.9 Å². The molecule has 28 nitrogen and oxygen atoms in total. The maximum absolute atomic E-state index is 13.5. The first-order valence-corrected chi connectivity index (χ1v) is 48.8. The maximum atomic E-state index is 13.5. The van der Waals surface area contributed by atoms with Gasteiger partial charge in [0.25, 0.3) is 23.6 Å². The van der Waals surface area contributed by atoms with Gasteiger partial charge in [0.15, 0.2) is 23.3 Å². The topological polar surface area (TPSA) is 342 Å². The molecule has 145 heavy (non-hydrogen) atoms. The van der Waals surface area contributed by atoms with Crippen molar-refractivity contribution in [3.8, 4) is 90.6 Å². The quantitative estimate of drug-likeness (QED) is 0.0473. The molecule has 0 radical (unpaired) electrons. The molecule has 0 bridgehead atoms. The van der Waals surface area contributed by atoms with E-state index in [9.17, 15) is 53.7 Å². The Kier molecular flexibility index (Phi) is 25.1. The second-order valence-corrected chi connectivity index (χ2v) is 40.0. The van der Waals surface area contributed by atoms with E-state index in [1.165, 1.54) is 7.11 Å². The number of benzene rings is 8. The number of imidazole rings is 4. The Morgan fingerprint density at radius 1 is 0.345 bits per heavy atom. The number of anilines is 4. The molecule has 3 saturated carbocycles. The number of esters is 1. The number of ether oxygens (including phenoxy) is 1. The predicted molar refractivity (Wildman–Crippen MR) is 554 cm³/mol. The Balaban J connectivity index is 0.000000118. The molecule has 8 aromatic carbocycles. The van der Waals surface area contributed by atoms with Crippen molar-refractivity contribution >= 4 is 70.8 Å². The zero-order valence-electron chi connectivity index (χ0n) is 82.3. The highest BCUT2D eigenvalue weighted by atomic mass is 16.5. The van der Waals surface area contributed by atoms with E-state index in [0.717, 1.165) is 144 Å². The third-order valence-corrected chi connectivity index (χ3v) is 28.7. The van der Waals surface area contributed by atoms with Crippen LogP contribution < -0.4 is 19.6 Å². The SMILES string of the molecule is CC(C)(C(=O)O)c1cccc(-c2ccc3c(c2)C(=O)N(c2cccc(-c4nccn4C4CC4)n2)C3)c1.CC(C)n1ccnc1-c1cccc(N2Cc3ccc(-c4cccc(C(C)(C)C(=O)O)c4)cc3C2=O)n1.CC(C)n1ccnc1-c1cccc(N2Cc3ccc(-c4cccc(C5(C(=O)O)CC5)c4)cc3C2=O)n1.COC(=O)C(C)(C)c1cccc(-c2ccc3c(c2)C(=O)N(c2cccc(-c4nccn4C4CC4)n2)C3)c1. The average Bonchev–Trinajstić information content (AvgIpc) is 1.59. The molecule has 16 aromatic rings. The summed E-state index contributed by atoms with van der Waals surface area (Å²) in [4.78, 5) is 145. The van der Waals surface area contributed by atoms with E-state index in [-0.39, 0.29) is 41.7 Å². The summed E-state index contributed by atoms with van der Waals surface area (Å²) in [5, 5.41) is 28.9. The van der Waals surface area contributed by atoms with Gasteiger partial charge in [0, 0.05) is 96.0 Å². The number of aliphatic carboxylic acids is 3. The van der Waals surface area contributed by atoms with Crippen LogP contribution in [0.15, 0.2) is 292 Å². The van der Waals surface area contributed by atoms with E-state index in [1.807, 2.05) is 287 Å². The van der Waals surface area contributed by atoms with E-state index < -0.39 is 39.6 Å². The van der Waals surface area contributed by atoms with Gasteiger partial charge in [-0.15, -0.1) is 0 Å². The second-order valence-electron chi connectivity index (χ2n) is 40.0. The van der Waals surface area contributed by atoms with E-state index in [0.29, 0.717) is 113 Å². The molecule has 0 atom stereocenters. The number of carbonyl (C=O) groups is 8. The number of hydrogen-bond donors (Lipinski definition) is 3. The van der Waals surface area contributed by atoms with Crippen LogP contribution in [0.4, 0.5) is 23.3 Å². The van der Waals surface area contributed by atoms with Crippen LogP contribution in [0.2, 0.25) is 0 Å². The van der Waals surface area contributed by atoms with Crippen molar-refractivity contribution in [2.75, 3.05) is 26.7 Å². The van der Waals surface area contributed by atoms with Gasteiger partial charge < -0.3 is 38.3 Å². The Morgan fingerprint density at radius 2 is 0.628 bits per heavy atom. The number of methoxy groups -OCH3 is 1. The van der Waals surface area contributed by atoms with Crippen molar-refractivity contribution < 1.29 is 58.4 Å². The van der Waals surface area contributed by atoms with Gasteiger partial charge in [0.2, 0.25) is 0 Å². The monoisotopic (exact) mass is 1930 g/mol. The zero-order chi connectivity index (χ0) is 101. The number of amides is 4. The Morgan fingerprint density at radius 3 is 0.924 bits per heavy atom. The average molecular weight is 1930 g/mol. The molecule has 4 aliphatic heterocycles. The lowest BCUT2D eigenvalue weighted by Gasteiger charge is -2.22. The molecular formula is C117H108N16O12. The van der Waals surface area contributed by atoms with Gasteiger partial charge in [-0.2, -0.15) is 0 Å². The summed E-state index contributed by atoms with van der Waals surface area (Å²) in [5.41, 5.74) is 16.0. The number of aromatic nitrogens is 12. The van der Waals surface area contributed by atoms with Crippen molar-refractivity contribution in [1.82, 2.24) is 58.1 Å². The highest BCUT2D eigenvalue weighted by Gasteiger charge is 2.52. The number of fused-ring (bicyclic) bond motifs is 4. The van der Waals surface area contributed by atoms with Crippen LogP contribution in [0.25, 0.3) is 90.6 Å². The highest BCUT2D eigenvalue weighted by Crippen LogP contribution is 2.50. The van der Waals surface area contributed by atoms with Crippen molar-refractivity contribution in [3.63, 3.8) is 0 Å². The third kappa shape index (κ3) is 18.4. The van der Waals surface area contributed by atoms with Crippen LogP contribution in [0.5, 0.6) is 0 Å². The highest BCUT2D eigenvalue weighted by molar-refractivity contribution is 6.13. The van der Waals surface area contributed by atoms with Crippen molar-refractivity contribution in [3.05, 3.63) is 359 Å². The molecule has 23 rings (SSSR count). The summed E-state index contributed by atoms with van der Waals surface area (Å²) in [6, 6.07) is 78.3. The first kappa shape index (κ1) is 95.5. The third-order valence-electron chi connectivity index (χ3n) is 28.7. The minimum absolute atomic E-state index is 0.0712. The van der Waals surface area contributed by atoms with Gasteiger partial charge in [-0.25, -0.2) is 39.9 Å². The second kappa shape index (κ2) is 38.1. The van der Waals surface area contributed by atoms with Crippen LogP contribution in [0, 0.1) is 0 Å². The molecule has 728 valence electrons. The first-order chi connectivity index (χ1) is 69.7. The largest absolute Gasteiger partial charge is 0.481 e. The number of carboxylic acids is 3. The summed E-state index contributed by atoms with van der Waals surface area (Å²) >= 11 is 0. The predicted octanol–water partition coefficient (Wildman–Crippen LogP) is 22.2. The summed E-state index contributed by atoms with van der Waals surface area (Å²) in [7, 11) is 1.40. The van der Waals surface area contributed by atoms with E-state index in [2.05, 4.69) is 65.9 Å². The molecule has 3 N–H and O–H groups in total. The molecule has 3 aliphatic carbocycles. The lowest BCUT2D eigenvalue weighted by molar-refractivity contribution is -0.146. The van der Waals surface area contributed by atoms with Gasteiger partial charge in [-0.3, -0.25) is 58.0 Å². The Labute approximate surface area is 838 Å². The Hall–Kier alpha value is -17.0. The van der Waals surface area contributed by atoms with Crippen molar-refractivity contribution in [1.29, 1.82) is 0 Å². The van der Waals surface area contributed by atoms with E-state index in [4.69, 9.17) is 24.7 Å². The summed E-state index contributed by atoms with van der Waals surface area (Å²) in [6.07, 6.45) is 20.9. The maximum Gasteiger partial charge on any atom is 0.315 e. The fourth-order valence-corrected chi connectivity index (χ4v) is 19.3. The molecule has 0 spiro atoms. The summed E-state index contributed by atoms with van der Waals surface area (Å²) in [5.74, 6) is 2.40. The summed E-state index contributed by atoms with van der Waals surface area (Å²) in [6.45, 7) is 20.6. The van der Waals surface area contributed by atoms with Crippen molar-refractivity contribution in [2.45, 2.75) is 180 Å². The molecule has 0 saturated heterocycles. The number of pyridine rings is 4. The fraction of sp³-hybridized carbons (Fsp3) is 0.248. The molecular weight excluding hydrogens is 1820 g/mol.